The van der Waals surface area contributed by atoms with Crippen LogP contribution in [0.1, 0.15) is 13.3 Å². The lowest BCUT2D eigenvalue weighted by molar-refractivity contribution is -0.122. The number of carbonyl (C=O) groups excluding carboxylic acids is 3. The summed E-state index contributed by atoms with van der Waals surface area (Å²) in [6.45, 7) is 1.73. The summed E-state index contributed by atoms with van der Waals surface area (Å²) in [5, 5.41) is 5.54. The Hall–Kier alpha value is -2.67. The van der Waals surface area contributed by atoms with Crippen LogP contribution in [0.5, 0.6) is 0 Å². The molecule has 2 N–H and O–H groups in total. The van der Waals surface area contributed by atoms with Crippen molar-refractivity contribution in [3.05, 3.63) is 53.0 Å². The maximum atomic E-state index is 12.5. The summed E-state index contributed by atoms with van der Waals surface area (Å²) in [5.41, 5.74) is 1.96. The van der Waals surface area contributed by atoms with Gasteiger partial charge in [-0.15, -0.1) is 0 Å². The Balaban J connectivity index is 1.70. The molecule has 2 aromatic rings. The van der Waals surface area contributed by atoms with E-state index in [4.69, 9.17) is 0 Å². The average Bonchev–Trinajstić information content (AvgIpc) is 2.96. The summed E-state index contributed by atoms with van der Waals surface area (Å²) in [4.78, 5) is 37.7. The van der Waals surface area contributed by atoms with E-state index in [1.807, 2.05) is 18.2 Å². The summed E-state index contributed by atoms with van der Waals surface area (Å²) < 4.78 is 0.870. The summed E-state index contributed by atoms with van der Waals surface area (Å²) in [6, 6.07) is 14.4. The van der Waals surface area contributed by atoms with Crippen LogP contribution in [-0.2, 0) is 14.4 Å². The number of halogens is 1. The zero-order valence-corrected chi connectivity index (χ0v) is 15.7. The maximum Gasteiger partial charge on any atom is 0.229 e. The molecule has 1 aliphatic heterocycles. The third kappa shape index (κ3) is 4.29. The lowest BCUT2D eigenvalue weighted by Crippen LogP contribution is -2.28. The SMILES string of the molecule is CC(=O)Nc1cccc(N2C[C@H](C(=O)Nc3cccc(Br)c3)CC2=O)c1. The van der Waals surface area contributed by atoms with Gasteiger partial charge in [-0.05, 0) is 36.4 Å². The minimum atomic E-state index is -0.425. The fourth-order valence-corrected chi connectivity index (χ4v) is 3.30. The second kappa shape index (κ2) is 7.70. The molecule has 26 heavy (non-hydrogen) atoms. The molecule has 1 heterocycles. The van der Waals surface area contributed by atoms with Crippen molar-refractivity contribution in [3.63, 3.8) is 0 Å². The van der Waals surface area contributed by atoms with Gasteiger partial charge in [0.25, 0.3) is 0 Å². The van der Waals surface area contributed by atoms with E-state index >= 15 is 0 Å². The van der Waals surface area contributed by atoms with Gasteiger partial charge in [0, 0.05) is 41.4 Å². The van der Waals surface area contributed by atoms with E-state index < -0.39 is 5.92 Å². The Labute approximate surface area is 159 Å². The van der Waals surface area contributed by atoms with Crippen LogP contribution in [0.3, 0.4) is 0 Å². The molecule has 0 radical (unpaired) electrons. The van der Waals surface area contributed by atoms with Gasteiger partial charge < -0.3 is 15.5 Å². The highest BCUT2D eigenvalue weighted by Gasteiger charge is 2.35. The van der Waals surface area contributed by atoms with Gasteiger partial charge in [-0.1, -0.05) is 28.1 Å². The largest absolute Gasteiger partial charge is 0.326 e. The molecule has 6 nitrogen and oxygen atoms in total. The molecule has 1 aliphatic rings. The highest BCUT2D eigenvalue weighted by atomic mass is 79.9. The van der Waals surface area contributed by atoms with Crippen molar-refractivity contribution in [1.82, 2.24) is 0 Å². The first-order valence-corrected chi connectivity index (χ1v) is 8.96. The molecule has 1 atom stereocenters. The Kier molecular flexibility index (Phi) is 5.37. The van der Waals surface area contributed by atoms with Gasteiger partial charge in [-0.25, -0.2) is 0 Å². The first-order valence-electron chi connectivity index (χ1n) is 8.17. The van der Waals surface area contributed by atoms with Crippen LogP contribution in [-0.4, -0.2) is 24.3 Å². The minimum absolute atomic E-state index is 0.112. The van der Waals surface area contributed by atoms with E-state index in [-0.39, 0.29) is 24.1 Å². The second-order valence-electron chi connectivity index (χ2n) is 6.14. The number of nitrogens with one attached hydrogen (secondary N) is 2. The Bertz CT molecular complexity index is 869. The molecule has 1 saturated heterocycles. The zero-order chi connectivity index (χ0) is 18.7. The van der Waals surface area contributed by atoms with Crippen molar-refractivity contribution in [3.8, 4) is 0 Å². The number of benzene rings is 2. The highest BCUT2D eigenvalue weighted by Crippen LogP contribution is 2.28. The van der Waals surface area contributed by atoms with Gasteiger partial charge in [0.15, 0.2) is 0 Å². The molecular formula is C19H18BrN3O3. The Morgan fingerprint density at radius 2 is 1.77 bits per heavy atom. The van der Waals surface area contributed by atoms with E-state index in [0.717, 1.165) is 4.47 Å². The van der Waals surface area contributed by atoms with E-state index in [2.05, 4.69) is 26.6 Å². The molecule has 0 unspecified atom stereocenters. The summed E-state index contributed by atoms with van der Waals surface area (Å²) in [5.74, 6) is -0.900. The lowest BCUT2D eigenvalue weighted by atomic mass is 10.1. The first-order chi connectivity index (χ1) is 12.4. The molecule has 3 amide bonds. The number of carbonyl (C=O) groups is 3. The van der Waals surface area contributed by atoms with Crippen LogP contribution >= 0.6 is 15.9 Å². The number of rotatable bonds is 4. The monoisotopic (exact) mass is 415 g/mol. The summed E-state index contributed by atoms with van der Waals surface area (Å²) >= 11 is 3.37. The normalized spacial score (nSPS) is 16.5. The van der Waals surface area contributed by atoms with Crippen molar-refractivity contribution in [2.45, 2.75) is 13.3 Å². The molecule has 134 valence electrons. The number of anilines is 3. The van der Waals surface area contributed by atoms with Crippen molar-refractivity contribution >= 4 is 50.7 Å². The zero-order valence-electron chi connectivity index (χ0n) is 14.2. The maximum absolute atomic E-state index is 12.5. The second-order valence-corrected chi connectivity index (χ2v) is 7.05. The van der Waals surface area contributed by atoms with Crippen LogP contribution in [0.4, 0.5) is 17.1 Å². The van der Waals surface area contributed by atoms with Crippen LogP contribution in [0.25, 0.3) is 0 Å². The quantitative estimate of drug-likeness (QED) is 0.802. The third-order valence-electron chi connectivity index (χ3n) is 4.07. The Morgan fingerprint density at radius 3 is 2.46 bits per heavy atom. The van der Waals surface area contributed by atoms with Gasteiger partial charge in [0.05, 0.1) is 5.92 Å². The van der Waals surface area contributed by atoms with E-state index in [9.17, 15) is 14.4 Å². The summed E-state index contributed by atoms with van der Waals surface area (Å²) in [6.07, 6.45) is 0.157. The van der Waals surface area contributed by atoms with Crippen LogP contribution in [0.2, 0.25) is 0 Å². The fourth-order valence-electron chi connectivity index (χ4n) is 2.90. The molecule has 2 aromatic carbocycles. The van der Waals surface area contributed by atoms with Gasteiger partial charge in [0.2, 0.25) is 17.7 Å². The molecule has 0 spiro atoms. The number of nitrogens with zero attached hydrogens (tertiary/aromatic N) is 1. The molecule has 0 bridgehead atoms. The van der Waals surface area contributed by atoms with E-state index in [1.165, 1.54) is 6.92 Å². The van der Waals surface area contributed by atoms with Crippen molar-refractivity contribution in [2.24, 2.45) is 5.92 Å². The van der Waals surface area contributed by atoms with Crippen molar-refractivity contribution < 1.29 is 14.4 Å². The lowest BCUT2D eigenvalue weighted by Gasteiger charge is -2.18. The minimum Gasteiger partial charge on any atom is -0.326 e. The number of hydrogen-bond acceptors (Lipinski definition) is 3. The summed E-state index contributed by atoms with van der Waals surface area (Å²) in [7, 11) is 0. The molecule has 0 aromatic heterocycles. The highest BCUT2D eigenvalue weighted by molar-refractivity contribution is 9.10. The Morgan fingerprint density at radius 1 is 1.08 bits per heavy atom. The van der Waals surface area contributed by atoms with Gasteiger partial charge >= 0.3 is 0 Å². The topological polar surface area (TPSA) is 78.5 Å². The first kappa shape index (κ1) is 18.1. The van der Waals surface area contributed by atoms with Crippen molar-refractivity contribution in [2.75, 3.05) is 22.1 Å². The predicted octanol–water partition coefficient (Wildman–Crippen LogP) is 3.40. The van der Waals surface area contributed by atoms with Gasteiger partial charge in [-0.3, -0.25) is 14.4 Å². The molecule has 0 aliphatic carbocycles. The van der Waals surface area contributed by atoms with Gasteiger partial charge in [0.1, 0.15) is 0 Å². The van der Waals surface area contributed by atoms with Crippen molar-refractivity contribution in [1.29, 1.82) is 0 Å². The number of amides is 3. The predicted molar refractivity (Wildman–Crippen MR) is 104 cm³/mol. The van der Waals surface area contributed by atoms with E-state index in [0.29, 0.717) is 23.6 Å². The molecule has 0 saturated carbocycles. The van der Waals surface area contributed by atoms with Gasteiger partial charge in [-0.2, -0.15) is 0 Å². The molecule has 1 fully saturated rings. The third-order valence-corrected chi connectivity index (χ3v) is 4.56. The standard InChI is InChI=1S/C19H18BrN3O3/c1-12(24)21-16-6-3-7-17(10-16)23-11-13(8-18(23)25)19(26)22-15-5-2-4-14(20)9-15/h2-7,9-10,13H,8,11H2,1H3,(H,21,24)(H,22,26)/t13-/m1/s1. The molecule has 3 rings (SSSR count). The smallest absolute Gasteiger partial charge is 0.229 e. The molecule has 7 heteroatoms. The van der Waals surface area contributed by atoms with Crippen LogP contribution in [0, 0.1) is 5.92 Å². The fraction of sp³-hybridized carbons (Fsp3) is 0.211. The van der Waals surface area contributed by atoms with Crippen LogP contribution in [0.15, 0.2) is 53.0 Å². The van der Waals surface area contributed by atoms with E-state index in [1.54, 1.807) is 35.2 Å². The number of hydrogen-bond donors (Lipinski definition) is 2. The van der Waals surface area contributed by atoms with Crippen LogP contribution < -0.4 is 15.5 Å². The average molecular weight is 416 g/mol. The molecular weight excluding hydrogens is 398 g/mol.